The molecule has 0 fully saturated rings. The summed E-state index contributed by atoms with van der Waals surface area (Å²) in [4.78, 5) is 11.5. The summed E-state index contributed by atoms with van der Waals surface area (Å²) in [5.74, 6) is -2.23. The maximum Gasteiger partial charge on any atom is 0.404 e. The Labute approximate surface area is 99.5 Å². The number of esters is 1. The van der Waals surface area contributed by atoms with E-state index in [0.717, 1.165) is 0 Å². The molecule has 0 radical (unpaired) electrons. The summed E-state index contributed by atoms with van der Waals surface area (Å²) < 4.78 is 42.2. The van der Waals surface area contributed by atoms with Crippen LogP contribution >= 0.6 is 0 Å². The number of rotatable bonds is 6. The second-order valence-electron chi connectivity index (χ2n) is 4.47. The number of halogens is 3. The van der Waals surface area contributed by atoms with Crippen molar-refractivity contribution in [1.29, 1.82) is 0 Å². The SMILES string of the molecule is CCCOC(=O)[C@H](CC(C)C)[C@@H](N)C(F)(F)F. The zero-order chi connectivity index (χ0) is 13.6. The predicted molar refractivity (Wildman–Crippen MR) is 58.2 cm³/mol. The van der Waals surface area contributed by atoms with E-state index in [4.69, 9.17) is 10.5 Å². The van der Waals surface area contributed by atoms with E-state index in [9.17, 15) is 18.0 Å². The predicted octanol–water partition coefficient (Wildman–Crippen LogP) is 2.49. The average Bonchev–Trinajstić information content (AvgIpc) is 2.19. The summed E-state index contributed by atoms with van der Waals surface area (Å²) in [5, 5.41) is 0. The third-order valence-electron chi connectivity index (χ3n) is 2.29. The minimum absolute atomic E-state index is 0.0532. The second kappa shape index (κ2) is 6.83. The van der Waals surface area contributed by atoms with Crippen LogP contribution in [0.3, 0.4) is 0 Å². The molecule has 3 nitrogen and oxygen atoms in total. The molecule has 0 aliphatic carbocycles. The molecule has 0 aromatic carbocycles. The van der Waals surface area contributed by atoms with E-state index in [1.165, 1.54) is 0 Å². The number of carbonyl (C=O) groups excluding carboxylic acids is 1. The van der Waals surface area contributed by atoms with E-state index in [1.807, 2.05) is 0 Å². The van der Waals surface area contributed by atoms with Crippen LogP contribution in [0.1, 0.15) is 33.6 Å². The van der Waals surface area contributed by atoms with Gasteiger partial charge in [0.25, 0.3) is 0 Å². The zero-order valence-corrected chi connectivity index (χ0v) is 10.4. The highest BCUT2D eigenvalue weighted by atomic mass is 19.4. The van der Waals surface area contributed by atoms with Gasteiger partial charge in [-0.1, -0.05) is 20.8 Å². The highest BCUT2D eigenvalue weighted by Gasteiger charge is 2.45. The molecule has 0 saturated carbocycles. The van der Waals surface area contributed by atoms with Crippen LogP contribution < -0.4 is 5.73 Å². The lowest BCUT2D eigenvalue weighted by Gasteiger charge is -2.25. The summed E-state index contributed by atoms with van der Waals surface area (Å²) in [5.41, 5.74) is 5.09. The number of alkyl halides is 3. The van der Waals surface area contributed by atoms with Gasteiger partial charge >= 0.3 is 12.1 Å². The van der Waals surface area contributed by atoms with Gasteiger partial charge in [0.05, 0.1) is 12.5 Å². The standard InChI is InChI=1S/C11H20F3NO2/c1-4-5-17-10(16)8(6-7(2)3)9(15)11(12,13)14/h7-9H,4-6,15H2,1-3H3/t8-,9-/m1/s1. The number of ether oxygens (including phenoxy) is 1. The van der Waals surface area contributed by atoms with Gasteiger partial charge < -0.3 is 10.5 Å². The van der Waals surface area contributed by atoms with Crippen LogP contribution in [0.4, 0.5) is 13.2 Å². The number of nitrogens with two attached hydrogens (primary N) is 1. The van der Waals surface area contributed by atoms with E-state index in [2.05, 4.69) is 0 Å². The summed E-state index contributed by atoms with van der Waals surface area (Å²) in [7, 11) is 0. The topological polar surface area (TPSA) is 52.3 Å². The Kier molecular flexibility index (Phi) is 6.52. The Hall–Kier alpha value is -0.780. The van der Waals surface area contributed by atoms with E-state index in [0.29, 0.717) is 6.42 Å². The van der Waals surface area contributed by atoms with E-state index in [-0.39, 0.29) is 18.9 Å². The molecule has 0 amide bonds. The van der Waals surface area contributed by atoms with Crippen LogP contribution in [-0.2, 0) is 9.53 Å². The fourth-order valence-corrected chi connectivity index (χ4v) is 1.44. The van der Waals surface area contributed by atoms with Gasteiger partial charge in [0.15, 0.2) is 0 Å². The third-order valence-corrected chi connectivity index (χ3v) is 2.29. The first-order valence-electron chi connectivity index (χ1n) is 5.69. The van der Waals surface area contributed by atoms with Crippen molar-refractivity contribution in [2.45, 2.75) is 45.8 Å². The molecule has 0 heterocycles. The molecule has 2 N–H and O–H groups in total. The maximum absolute atomic E-state index is 12.5. The summed E-state index contributed by atoms with van der Waals surface area (Å²) >= 11 is 0. The van der Waals surface area contributed by atoms with Crippen LogP contribution in [0.15, 0.2) is 0 Å². The summed E-state index contributed by atoms with van der Waals surface area (Å²) in [6, 6.07) is -2.16. The molecule has 0 saturated heterocycles. The fourth-order valence-electron chi connectivity index (χ4n) is 1.44. The summed E-state index contributed by atoms with van der Waals surface area (Å²) in [6.07, 6.45) is -3.94. The van der Waals surface area contributed by atoms with Gasteiger partial charge in [-0.15, -0.1) is 0 Å². The Morgan fingerprint density at radius 1 is 1.35 bits per heavy atom. The lowest BCUT2D eigenvalue weighted by Crippen LogP contribution is -2.47. The van der Waals surface area contributed by atoms with Crippen LogP contribution in [0.5, 0.6) is 0 Å². The minimum atomic E-state index is -4.58. The minimum Gasteiger partial charge on any atom is -0.465 e. The molecule has 0 aromatic heterocycles. The molecule has 0 aromatic rings. The van der Waals surface area contributed by atoms with Crippen molar-refractivity contribution < 1.29 is 22.7 Å². The van der Waals surface area contributed by atoms with Gasteiger partial charge in [-0.3, -0.25) is 4.79 Å². The molecule has 0 bridgehead atoms. The van der Waals surface area contributed by atoms with Gasteiger partial charge in [0.2, 0.25) is 0 Å². The lowest BCUT2D eigenvalue weighted by atomic mass is 9.90. The van der Waals surface area contributed by atoms with Gasteiger partial charge in [0.1, 0.15) is 6.04 Å². The molecule has 2 atom stereocenters. The van der Waals surface area contributed by atoms with Crippen LogP contribution in [0, 0.1) is 11.8 Å². The number of carbonyl (C=O) groups is 1. The van der Waals surface area contributed by atoms with Crippen molar-refractivity contribution in [2.75, 3.05) is 6.61 Å². The molecule has 102 valence electrons. The van der Waals surface area contributed by atoms with Crippen molar-refractivity contribution in [3.05, 3.63) is 0 Å². The smallest absolute Gasteiger partial charge is 0.404 e. The quantitative estimate of drug-likeness (QED) is 0.742. The fraction of sp³-hybridized carbons (Fsp3) is 0.909. The maximum atomic E-state index is 12.5. The third kappa shape index (κ3) is 5.91. The first-order chi connectivity index (χ1) is 7.70. The van der Waals surface area contributed by atoms with Crippen LogP contribution in [0.25, 0.3) is 0 Å². The average molecular weight is 255 g/mol. The molecular formula is C11H20F3NO2. The number of hydrogen-bond acceptors (Lipinski definition) is 3. The molecule has 0 spiro atoms. The highest BCUT2D eigenvalue weighted by molar-refractivity contribution is 5.73. The zero-order valence-electron chi connectivity index (χ0n) is 10.4. The normalized spacial score (nSPS) is 15.8. The van der Waals surface area contributed by atoms with Gasteiger partial charge in [-0.05, 0) is 18.8 Å². The van der Waals surface area contributed by atoms with E-state index >= 15 is 0 Å². The van der Waals surface area contributed by atoms with Crippen molar-refractivity contribution >= 4 is 5.97 Å². The lowest BCUT2D eigenvalue weighted by molar-refractivity contribution is -0.177. The van der Waals surface area contributed by atoms with Crippen molar-refractivity contribution in [3.8, 4) is 0 Å². The molecule has 0 unspecified atom stereocenters. The molecular weight excluding hydrogens is 235 g/mol. The first kappa shape index (κ1) is 16.2. The van der Waals surface area contributed by atoms with Crippen molar-refractivity contribution in [1.82, 2.24) is 0 Å². The van der Waals surface area contributed by atoms with Gasteiger partial charge in [-0.25, -0.2) is 0 Å². The molecule has 6 heteroatoms. The number of hydrogen-bond donors (Lipinski definition) is 1. The van der Waals surface area contributed by atoms with Gasteiger partial charge in [0, 0.05) is 0 Å². The molecule has 0 aliphatic heterocycles. The molecule has 0 aliphatic rings. The van der Waals surface area contributed by atoms with Crippen LogP contribution in [0.2, 0.25) is 0 Å². The highest BCUT2D eigenvalue weighted by Crippen LogP contribution is 2.28. The Balaban J connectivity index is 4.69. The Morgan fingerprint density at radius 2 is 1.88 bits per heavy atom. The van der Waals surface area contributed by atoms with E-state index < -0.39 is 24.1 Å². The van der Waals surface area contributed by atoms with Gasteiger partial charge in [-0.2, -0.15) is 13.2 Å². The first-order valence-corrected chi connectivity index (χ1v) is 5.69. The monoisotopic (exact) mass is 255 g/mol. The van der Waals surface area contributed by atoms with E-state index in [1.54, 1.807) is 20.8 Å². The van der Waals surface area contributed by atoms with Crippen molar-refractivity contribution in [3.63, 3.8) is 0 Å². The van der Waals surface area contributed by atoms with Crippen LogP contribution in [-0.4, -0.2) is 24.8 Å². The molecule has 17 heavy (non-hydrogen) atoms. The Morgan fingerprint density at radius 3 is 2.24 bits per heavy atom. The van der Waals surface area contributed by atoms with Crippen molar-refractivity contribution in [2.24, 2.45) is 17.6 Å². The second-order valence-corrected chi connectivity index (χ2v) is 4.47. The Bertz CT molecular complexity index is 241. The molecule has 0 rings (SSSR count). The largest absolute Gasteiger partial charge is 0.465 e. The summed E-state index contributed by atoms with van der Waals surface area (Å²) in [6.45, 7) is 5.37.